The summed E-state index contributed by atoms with van der Waals surface area (Å²) in [7, 11) is 0. The Hall–Kier alpha value is -1.65. The van der Waals surface area contributed by atoms with E-state index in [0.29, 0.717) is 12.4 Å². The van der Waals surface area contributed by atoms with E-state index in [0.717, 1.165) is 31.9 Å². The van der Waals surface area contributed by atoms with Crippen LogP contribution >= 0.6 is 0 Å². The molecule has 1 aromatic heterocycles. The number of carbonyl (C=O) groups excluding carboxylic acids is 1. The number of nitrogens with zero attached hydrogens (tertiary/aromatic N) is 1. The molecule has 0 radical (unpaired) electrons. The van der Waals surface area contributed by atoms with E-state index < -0.39 is 5.82 Å². The van der Waals surface area contributed by atoms with Crippen LogP contribution in [0.25, 0.3) is 0 Å². The summed E-state index contributed by atoms with van der Waals surface area (Å²) in [5.74, 6) is -0.281. The molecule has 0 aliphatic heterocycles. The monoisotopic (exact) mass is 251 g/mol. The molecule has 1 aromatic rings. The average Bonchev–Trinajstić information content (AvgIpc) is 2.32. The van der Waals surface area contributed by atoms with Crippen molar-refractivity contribution in [2.24, 2.45) is 0 Å². The maximum atomic E-state index is 13.2. The number of rotatable bonds is 5. The zero-order chi connectivity index (χ0) is 13.0. The Kier molecular flexibility index (Phi) is 4.12. The first-order valence-corrected chi connectivity index (χ1v) is 6.41. The molecule has 0 saturated heterocycles. The summed E-state index contributed by atoms with van der Waals surface area (Å²) >= 11 is 0. The molecule has 1 fully saturated rings. The maximum Gasteiger partial charge on any atom is 0.255 e. The minimum Gasteiger partial charge on any atom is -0.369 e. The highest BCUT2D eigenvalue weighted by atomic mass is 19.1. The molecule has 1 heterocycles. The van der Waals surface area contributed by atoms with Gasteiger partial charge in [-0.25, -0.2) is 9.37 Å². The van der Waals surface area contributed by atoms with Crippen molar-refractivity contribution in [3.8, 4) is 0 Å². The number of aromatic nitrogens is 1. The molecule has 0 aromatic carbocycles. The van der Waals surface area contributed by atoms with Crippen molar-refractivity contribution in [1.82, 2.24) is 10.3 Å². The van der Waals surface area contributed by atoms with E-state index in [9.17, 15) is 9.18 Å². The largest absolute Gasteiger partial charge is 0.369 e. The number of nitrogens with one attached hydrogen (secondary N) is 2. The first kappa shape index (κ1) is 12.8. The van der Waals surface area contributed by atoms with Crippen LogP contribution in [0.4, 0.5) is 10.2 Å². The van der Waals surface area contributed by atoms with Gasteiger partial charge in [-0.3, -0.25) is 4.79 Å². The van der Waals surface area contributed by atoms with Crippen molar-refractivity contribution in [3.05, 3.63) is 23.6 Å². The second-order valence-corrected chi connectivity index (χ2v) is 4.58. The van der Waals surface area contributed by atoms with Gasteiger partial charge >= 0.3 is 0 Å². The predicted octanol–water partition coefficient (Wildman–Crippen LogP) is 2.32. The number of carbonyl (C=O) groups is 1. The molecule has 2 N–H and O–H groups in total. The highest BCUT2D eigenvalue weighted by molar-refractivity contribution is 5.98. The predicted molar refractivity (Wildman–Crippen MR) is 68.1 cm³/mol. The van der Waals surface area contributed by atoms with E-state index in [1.165, 1.54) is 6.07 Å². The van der Waals surface area contributed by atoms with Gasteiger partial charge in [-0.1, -0.05) is 6.92 Å². The van der Waals surface area contributed by atoms with Gasteiger partial charge in [-0.2, -0.15) is 0 Å². The zero-order valence-electron chi connectivity index (χ0n) is 10.5. The molecule has 0 atom stereocenters. The van der Waals surface area contributed by atoms with Gasteiger partial charge in [0.1, 0.15) is 11.6 Å². The molecule has 0 bridgehead atoms. The fourth-order valence-electron chi connectivity index (χ4n) is 1.81. The third-order valence-electron chi connectivity index (χ3n) is 3.08. The number of amides is 1. The normalized spacial score (nSPS) is 15.0. The van der Waals surface area contributed by atoms with Crippen LogP contribution in [0.2, 0.25) is 0 Å². The molecule has 1 amide bonds. The van der Waals surface area contributed by atoms with E-state index in [2.05, 4.69) is 15.6 Å². The van der Waals surface area contributed by atoms with Crippen molar-refractivity contribution < 1.29 is 9.18 Å². The molecular formula is C13H18FN3O. The van der Waals surface area contributed by atoms with Crippen LogP contribution in [0.15, 0.2) is 12.3 Å². The summed E-state index contributed by atoms with van der Waals surface area (Å²) in [6.07, 6.45) is 5.20. The number of anilines is 1. The minimum atomic E-state index is -0.490. The van der Waals surface area contributed by atoms with Crippen molar-refractivity contribution in [2.45, 2.75) is 38.6 Å². The zero-order valence-corrected chi connectivity index (χ0v) is 10.5. The van der Waals surface area contributed by atoms with Crippen molar-refractivity contribution in [2.75, 3.05) is 11.9 Å². The first-order valence-electron chi connectivity index (χ1n) is 6.41. The molecule has 1 aliphatic carbocycles. The first-order chi connectivity index (χ1) is 8.70. The van der Waals surface area contributed by atoms with Gasteiger partial charge in [0.2, 0.25) is 0 Å². The van der Waals surface area contributed by atoms with E-state index in [4.69, 9.17) is 0 Å². The van der Waals surface area contributed by atoms with Gasteiger partial charge in [0.15, 0.2) is 0 Å². The fourth-order valence-corrected chi connectivity index (χ4v) is 1.81. The van der Waals surface area contributed by atoms with Crippen LogP contribution in [-0.4, -0.2) is 23.5 Å². The van der Waals surface area contributed by atoms with E-state index in [1.54, 1.807) is 0 Å². The number of hydrogen-bond acceptors (Lipinski definition) is 3. The number of halogens is 1. The summed E-state index contributed by atoms with van der Waals surface area (Å²) in [6, 6.07) is 1.47. The van der Waals surface area contributed by atoms with Crippen LogP contribution in [-0.2, 0) is 0 Å². The Morgan fingerprint density at radius 1 is 1.56 bits per heavy atom. The SMILES string of the molecule is CCCNc1ncc(F)cc1C(=O)NC1CCC1. The topological polar surface area (TPSA) is 54.0 Å². The Bertz CT molecular complexity index is 432. The fraction of sp³-hybridized carbons (Fsp3) is 0.538. The third kappa shape index (κ3) is 2.97. The smallest absolute Gasteiger partial charge is 0.255 e. The lowest BCUT2D eigenvalue weighted by atomic mass is 9.93. The molecule has 2 rings (SSSR count). The maximum absolute atomic E-state index is 13.2. The number of hydrogen-bond donors (Lipinski definition) is 2. The summed E-state index contributed by atoms with van der Waals surface area (Å²) in [5.41, 5.74) is 0.287. The van der Waals surface area contributed by atoms with Gasteiger partial charge in [0.05, 0.1) is 11.8 Å². The highest BCUT2D eigenvalue weighted by Crippen LogP contribution is 2.20. The summed E-state index contributed by atoms with van der Waals surface area (Å²) in [6.45, 7) is 2.73. The van der Waals surface area contributed by atoms with Crippen molar-refractivity contribution >= 4 is 11.7 Å². The standard InChI is InChI=1S/C13H18FN3O/c1-2-6-15-12-11(7-9(14)8-16-12)13(18)17-10-4-3-5-10/h7-8,10H,2-6H2,1H3,(H,15,16)(H,17,18). The third-order valence-corrected chi connectivity index (χ3v) is 3.08. The van der Waals surface area contributed by atoms with Crippen LogP contribution in [0.3, 0.4) is 0 Å². The van der Waals surface area contributed by atoms with Crippen molar-refractivity contribution in [3.63, 3.8) is 0 Å². The molecule has 5 heteroatoms. The summed E-state index contributed by atoms with van der Waals surface area (Å²) < 4.78 is 13.2. The Morgan fingerprint density at radius 2 is 2.33 bits per heavy atom. The summed E-state index contributed by atoms with van der Waals surface area (Å²) in [5, 5.41) is 5.93. The number of pyridine rings is 1. The van der Waals surface area contributed by atoms with Gasteiger partial charge in [0, 0.05) is 12.6 Å². The molecule has 98 valence electrons. The van der Waals surface area contributed by atoms with Crippen LogP contribution in [0.5, 0.6) is 0 Å². The second-order valence-electron chi connectivity index (χ2n) is 4.58. The van der Waals surface area contributed by atoms with Gasteiger partial charge < -0.3 is 10.6 Å². The quantitative estimate of drug-likeness (QED) is 0.844. The van der Waals surface area contributed by atoms with Gasteiger partial charge in [-0.15, -0.1) is 0 Å². The molecular weight excluding hydrogens is 233 g/mol. The summed E-state index contributed by atoms with van der Waals surface area (Å²) in [4.78, 5) is 16.0. The lowest BCUT2D eigenvalue weighted by Gasteiger charge is -2.26. The lowest BCUT2D eigenvalue weighted by Crippen LogP contribution is -2.39. The van der Waals surface area contributed by atoms with Gasteiger partial charge in [-0.05, 0) is 31.7 Å². The molecule has 4 nitrogen and oxygen atoms in total. The van der Waals surface area contributed by atoms with Crippen LogP contribution < -0.4 is 10.6 Å². The molecule has 18 heavy (non-hydrogen) atoms. The molecule has 0 unspecified atom stereocenters. The molecule has 1 saturated carbocycles. The van der Waals surface area contributed by atoms with Gasteiger partial charge in [0.25, 0.3) is 5.91 Å². The van der Waals surface area contributed by atoms with E-state index in [1.807, 2.05) is 6.92 Å². The Morgan fingerprint density at radius 3 is 2.94 bits per heavy atom. The Balaban J connectivity index is 2.11. The Labute approximate surface area is 106 Å². The van der Waals surface area contributed by atoms with Crippen molar-refractivity contribution in [1.29, 1.82) is 0 Å². The van der Waals surface area contributed by atoms with Crippen LogP contribution in [0, 0.1) is 5.82 Å². The minimum absolute atomic E-state index is 0.236. The molecule has 0 spiro atoms. The highest BCUT2D eigenvalue weighted by Gasteiger charge is 2.22. The van der Waals surface area contributed by atoms with E-state index in [-0.39, 0.29) is 17.5 Å². The lowest BCUT2D eigenvalue weighted by molar-refractivity contribution is 0.0917. The second kappa shape index (κ2) is 5.80. The molecule has 1 aliphatic rings. The van der Waals surface area contributed by atoms with E-state index >= 15 is 0 Å². The average molecular weight is 251 g/mol. The van der Waals surface area contributed by atoms with Crippen LogP contribution in [0.1, 0.15) is 43.0 Å².